The van der Waals surface area contributed by atoms with Crippen molar-refractivity contribution in [2.45, 2.75) is 31.2 Å². The van der Waals surface area contributed by atoms with Gasteiger partial charge in [0, 0.05) is 17.7 Å². The van der Waals surface area contributed by atoms with Gasteiger partial charge in [0.15, 0.2) is 0 Å². The van der Waals surface area contributed by atoms with Crippen LogP contribution in [0.25, 0.3) is 0 Å². The standard InChI is InChI=1S/C24H26N4O6/c1-33-18-13-17(26-21(30)15-8-4-3-5-9-15)19(34-2)12-16(18)25-20(29)14-28-22(31)24(27-23(28)32)10-6-7-11-24/h3-5,8-9,12-13H,6-7,10-11,14H2,1-2H3,(H,25,29)(H,26,30)(H,27,32). The monoisotopic (exact) mass is 466 g/mol. The molecule has 0 bridgehead atoms. The van der Waals surface area contributed by atoms with Crippen molar-refractivity contribution in [3.05, 3.63) is 48.0 Å². The van der Waals surface area contributed by atoms with Crippen LogP contribution in [0.4, 0.5) is 16.2 Å². The van der Waals surface area contributed by atoms with Crippen LogP contribution in [-0.2, 0) is 9.59 Å². The minimum absolute atomic E-state index is 0.266. The molecule has 1 aliphatic heterocycles. The van der Waals surface area contributed by atoms with Gasteiger partial charge in [0.2, 0.25) is 5.91 Å². The van der Waals surface area contributed by atoms with Gasteiger partial charge in [-0.05, 0) is 25.0 Å². The molecule has 5 amide bonds. The number of imide groups is 1. The summed E-state index contributed by atoms with van der Waals surface area (Å²) in [4.78, 5) is 51.4. The molecule has 1 aliphatic carbocycles. The lowest BCUT2D eigenvalue weighted by Gasteiger charge is -2.20. The molecular weight excluding hydrogens is 440 g/mol. The van der Waals surface area contributed by atoms with Gasteiger partial charge in [-0.3, -0.25) is 19.3 Å². The lowest BCUT2D eigenvalue weighted by Crippen LogP contribution is -2.44. The highest BCUT2D eigenvalue weighted by atomic mass is 16.5. The number of carbonyl (C=O) groups excluding carboxylic acids is 4. The molecule has 0 aromatic heterocycles. The second-order valence-electron chi connectivity index (χ2n) is 8.23. The third-order valence-corrected chi connectivity index (χ3v) is 6.08. The third-order valence-electron chi connectivity index (χ3n) is 6.08. The van der Waals surface area contributed by atoms with Gasteiger partial charge in [-0.15, -0.1) is 0 Å². The Morgan fingerprint density at radius 3 is 2.15 bits per heavy atom. The van der Waals surface area contributed by atoms with Gasteiger partial charge in [0.25, 0.3) is 11.8 Å². The molecule has 1 saturated heterocycles. The van der Waals surface area contributed by atoms with Crippen LogP contribution in [-0.4, -0.2) is 55.0 Å². The smallest absolute Gasteiger partial charge is 0.325 e. The first-order valence-electron chi connectivity index (χ1n) is 10.9. The van der Waals surface area contributed by atoms with Crippen molar-refractivity contribution in [1.29, 1.82) is 0 Å². The van der Waals surface area contributed by atoms with E-state index in [4.69, 9.17) is 9.47 Å². The summed E-state index contributed by atoms with van der Waals surface area (Å²) in [5.74, 6) is -0.715. The van der Waals surface area contributed by atoms with E-state index in [1.807, 2.05) is 6.07 Å². The number of hydrogen-bond acceptors (Lipinski definition) is 6. The number of rotatable bonds is 7. The van der Waals surface area contributed by atoms with Gasteiger partial charge in [0.1, 0.15) is 23.6 Å². The van der Waals surface area contributed by atoms with Crippen molar-refractivity contribution in [2.75, 3.05) is 31.4 Å². The summed E-state index contributed by atoms with van der Waals surface area (Å²) in [6, 6.07) is 11.1. The molecule has 2 aliphatic rings. The fourth-order valence-electron chi connectivity index (χ4n) is 4.35. The lowest BCUT2D eigenvalue weighted by molar-refractivity contribution is -0.133. The predicted octanol–water partition coefficient (Wildman–Crippen LogP) is 2.76. The highest BCUT2D eigenvalue weighted by Gasteiger charge is 2.52. The Bertz CT molecular complexity index is 1130. The molecule has 10 nitrogen and oxygen atoms in total. The van der Waals surface area contributed by atoms with Crippen molar-refractivity contribution in [3.8, 4) is 11.5 Å². The number of nitrogens with zero attached hydrogens (tertiary/aromatic N) is 1. The maximum atomic E-state index is 12.8. The summed E-state index contributed by atoms with van der Waals surface area (Å²) < 4.78 is 10.8. The number of carbonyl (C=O) groups is 4. The minimum atomic E-state index is -0.878. The van der Waals surface area contributed by atoms with E-state index in [0.717, 1.165) is 17.7 Å². The summed E-state index contributed by atoms with van der Waals surface area (Å²) >= 11 is 0. The van der Waals surface area contributed by atoms with E-state index >= 15 is 0 Å². The molecule has 2 aromatic carbocycles. The number of anilines is 2. The van der Waals surface area contributed by atoms with Crippen LogP contribution in [0, 0.1) is 0 Å². The van der Waals surface area contributed by atoms with Gasteiger partial charge in [0.05, 0.1) is 25.6 Å². The predicted molar refractivity (Wildman–Crippen MR) is 124 cm³/mol. The first kappa shape index (κ1) is 23.1. The lowest BCUT2D eigenvalue weighted by atomic mass is 9.98. The Hall–Kier alpha value is -4.08. The van der Waals surface area contributed by atoms with Crippen LogP contribution >= 0.6 is 0 Å². The highest BCUT2D eigenvalue weighted by molar-refractivity contribution is 6.10. The molecule has 0 atom stereocenters. The Morgan fingerprint density at radius 1 is 0.971 bits per heavy atom. The molecule has 2 aromatic rings. The van der Waals surface area contributed by atoms with Crippen LogP contribution in [0.15, 0.2) is 42.5 Å². The fraction of sp³-hybridized carbons (Fsp3) is 0.333. The number of urea groups is 1. The zero-order valence-electron chi connectivity index (χ0n) is 19.0. The molecule has 4 rings (SSSR count). The number of methoxy groups -OCH3 is 2. The maximum Gasteiger partial charge on any atom is 0.325 e. The van der Waals surface area contributed by atoms with Gasteiger partial charge in [-0.2, -0.15) is 0 Å². The van der Waals surface area contributed by atoms with E-state index in [-0.39, 0.29) is 23.3 Å². The molecule has 1 heterocycles. The van der Waals surface area contributed by atoms with E-state index in [0.29, 0.717) is 29.8 Å². The van der Waals surface area contributed by atoms with E-state index in [1.165, 1.54) is 26.4 Å². The molecule has 10 heteroatoms. The Kier molecular flexibility index (Phi) is 6.40. The SMILES string of the molecule is COc1cc(NC(=O)c2ccccc2)c(OC)cc1NC(=O)CN1C(=O)NC2(CCCC2)C1=O. The van der Waals surface area contributed by atoms with Crippen molar-refractivity contribution < 1.29 is 28.7 Å². The topological polar surface area (TPSA) is 126 Å². The first-order valence-corrected chi connectivity index (χ1v) is 10.9. The molecule has 0 radical (unpaired) electrons. The number of hydrogen-bond donors (Lipinski definition) is 3. The van der Waals surface area contributed by atoms with Crippen molar-refractivity contribution in [1.82, 2.24) is 10.2 Å². The second-order valence-corrected chi connectivity index (χ2v) is 8.23. The largest absolute Gasteiger partial charge is 0.494 e. The van der Waals surface area contributed by atoms with Crippen molar-refractivity contribution >= 4 is 35.1 Å². The summed E-state index contributed by atoms with van der Waals surface area (Å²) in [7, 11) is 2.85. The third kappa shape index (κ3) is 4.39. The van der Waals surface area contributed by atoms with Crippen molar-refractivity contribution in [3.63, 3.8) is 0 Å². The number of ether oxygens (including phenoxy) is 2. The molecule has 3 N–H and O–H groups in total. The molecule has 1 saturated carbocycles. The van der Waals surface area contributed by atoms with Gasteiger partial charge < -0.3 is 25.4 Å². The average molecular weight is 466 g/mol. The minimum Gasteiger partial charge on any atom is -0.494 e. The first-order chi connectivity index (χ1) is 16.4. The summed E-state index contributed by atoms with van der Waals surface area (Å²) in [6.07, 6.45) is 2.88. The van der Waals surface area contributed by atoms with E-state index in [1.54, 1.807) is 24.3 Å². The number of benzene rings is 2. The normalized spacial score (nSPS) is 16.4. The zero-order chi connectivity index (χ0) is 24.3. The number of nitrogens with one attached hydrogen (secondary N) is 3. The molecule has 178 valence electrons. The number of amides is 5. The average Bonchev–Trinajstić information content (AvgIpc) is 3.40. The van der Waals surface area contributed by atoms with Crippen LogP contribution in [0.3, 0.4) is 0 Å². The molecule has 0 unspecified atom stereocenters. The Labute approximate surface area is 196 Å². The summed E-state index contributed by atoms with van der Waals surface area (Å²) in [5, 5.41) is 8.18. The van der Waals surface area contributed by atoms with E-state index < -0.39 is 24.0 Å². The van der Waals surface area contributed by atoms with Crippen LogP contribution in [0.5, 0.6) is 11.5 Å². The molecule has 1 spiro atoms. The maximum absolute atomic E-state index is 12.8. The highest BCUT2D eigenvalue weighted by Crippen LogP contribution is 2.37. The second kappa shape index (κ2) is 9.42. The van der Waals surface area contributed by atoms with Crippen LogP contribution in [0.2, 0.25) is 0 Å². The van der Waals surface area contributed by atoms with E-state index in [9.17, 15) is 19.2 Å². The quantitative estimate of drug-likeness (QED) is 0.539. The van der Waals surface area contributed by atoms with Crippen LogP contribution < -0.4 is 25.4 Å². The Morgan fingerprint density at radius 2 is 1.56 bits per heavy atom. The van der Waals surface area contributed by atoms with E-state index in [2.05, 4.69) is 16.0 Å². The van der Waals surface area contributed by atoms with Gasteiger partial charge >= 0.3 is 6.03 Å². The van der Waals surface area contributed by atoms with Crippen LogP contribution in [0.1, 0.15) is 36.0 Å². The Balaban J connectivity index is 1.49. The zero-order valence-corrected chi connectivity index (χ0v) is 19.0. The summed E-state index contributed by atoms with van der Waals surface area (Å²) in [5.41, 5.74) is 0.208. The van der Waals surface area contributed by atoms with Crippen molar-refractivity contribution in [2.24, 2.45) is 0 Å². The fourth-order valence-corrected chi connectivity index (χ4v) is 4.35. The summed E-state index contributed by atoms with van der Waals surface area (Å²) in [6.45, 7) is -0.426. The molecular formula is C24H26N4O6. The molecule has 34 heavy (non-hydrogen) atoms. The van der Waals surface area contributed by atoms with Gasteiger partial charge in [-0.25, -0.2) is 4.79 Å². The van der Waals surface area contributed by atoms with Gasteiger partial charge in [-0.1, -0.05) is 31.0 Å². The molecule has 2 fully saturated rings.